The number of anilines is 1. The Morgan fingerprint density at radius 1 is 1.36 bits per heavy atom. The first-order chi connectivity index (χ1) is 6.76. The van der Waals surface area contributed by atoms with E-state index in [9.17, 15) is 0 Å². The molecule has 0 bridgehead atoms. The molecule has 0 saturated heterocycles. The Labute approximate surface area is 85.7 Å². The van der Waals surface area contributed by atoms with E-state index in [2.05, 4.69) is 24.1 Å². The molecule has 3 heteroatoms. The van der Waals surface area contributed by atoms with Gasteiger partial charge in [-0.05, 0) is 25.0 Å². The zero-order valence-electron chi connectivity index (χ0n) is 8.96. The van der Waals surface area contributed by atoms with E-state index in [1.54, 1.807) is 6.20 Å². The van der Waals surface area contributed by atoms with E-state index in [1.807, 2.05) is 18.2 Å². The summed E-state index contributed by atoms with van der Waals surface area (Å²) in [4.78, 5) is 4.24. The second-order valence-corrected chi connectivity index (χ2v) is 3.53. The lowest BCUT2D eigenvalue weighted by Crippen LogP contribution is -2.44. The molecule has 1 heterocycles. The molecule has 3 N–H and O–H groups in total. The summed E-state index contributed by atoms with van der Waals surface area (Å²) in [6.45, 7) is 4.93. The van der Waals surface area contributed by atoms with Gasteiger partial charge in [0.15, 0.2) is 0 Å². The highest BCUT2D eigenvalue weighted by atomic mass is 15.1. The largest absolute Gasteiger partial charge is 0.363 e. The van der Waals surface area contributed by atoms with Crippen LogP contribution >= 0.6 is 0 Å². The van der Waals surface area contributed by atoms with Crippen molar-refractivity contribution < 1.29 is 0 Å². The molecule has 0 fully saturated rings. The number of hydrogen-bond acceptors (Lipinski definition) is 3. The van der Waals surface area contributed by atoms with Crippen LogP contribution in [-0.2, 0) is 0 Å². The first-order valence-corrected chi connectivity index (χ1v) is 5.15. The van der Waals surface area contributed by atoms with Gasteiger partial charge in [0.25, 0.3) is 0 Å². The highest BCUT2D eigenvalue weighted by Gasteiger charge is 2.23. The molecule has 0 amide bonds. The summed E-state index contributed by atoms with van der Waals surface area (Å²) in [7, 11) is 0. The van der Waals surface area contributed by atoms with Crippen molar-refractivity contribution in [2.24, 2.45) is 5.73 Å². The van der Waals surface area contributed by atoms with Crippen LogP contribution in [0.4, 0.5) is 5.82 Å². The Morgan fingerprint density at radius 2 is 2.07 bits per heavy atom. The van der Waals surface area contributed by atoms with Crippen molar-refractivity contribution in [1.29, 1.82) is 0 Å². The number of nitrogens with two attached hydrogens (primary N) is 1. The third-order valence-corrected chi connectivity index (χ3v) is 2.80. The van der Waals surface area contributed by atoms with Crippen LogP contribution in [0.3, 0.4) is 0 Å². The Hall–Kier alpha value is -1.09. The van der Waals surface area contributed by atoms with Crippen molar-refractivity contribution in [1.82, 2.24) is 4.98 Å². The minimum absolute atomic E-state index is 0.00560. The first-order valence-electron chi connectivity index (χ1n) is 5.15. The van der Waals surface area contributed by atoms with Gasteiger partial charge < -0.3 is 11.1 Å². The van der Waals surface area contributed by atoms with Crippen LogP contribution in [0.15, 0.2) is 24.4 Å². The van der Waals surface area contributed by atoms with Crippen LogP contribution in [-0.4, -0.2) is 17.1 Å². The van der Waals surface area contributed by atoms with Gasteiger partial charge in [-0.3, -0.25) is 0 Å². The van der Waals surface area contributed by atoms with Crippen LogP contribution < -0.4 is 11.1 Å². The van der Waals surface area contributed by atoms with E-state index in [4.69, 9.17) is 5.73 Å². The quantitative estimate of drug-likeness (QED) is 0.752. The molecule has 0 aromatic carbocycles. The van der Waals surface area contributed by atoms with Gasteiger partial charge in [0.2, 0.25) is 0 Å². The van der Waals surface area contributed by atoms with Crippen molar-refractivity contribution in [3.05, 3.63) is 24.4 Å². The summed E-state index contributed by atoms with van der Waals surface area (Å²) in [5, 5.41) is 3.41. The molecule has 14 heavy (non-hydrogen) atoms. The second-order valence-electron chi connectivity index (χ2n) is 3.53. The summed E-state index contributed by atoms with van der Waals surface area (Å²) < 4.78 is 0. The molecule has 0 radical (unpaired) electrons. The fourth-order valence-corrected chi connectivity index (χ4v) is 1.47. The van der Waals surface area contributed by atoms with Crippen molar-refractivity contribution >= 4 is 5.82 Å². The summed E-state index contributed by atoms with van der Waals surface area (Å²) >= 11 is 0. The molecule has 0 aliphatic carbocycles. The number of rotatable bonds is 5. The van der Waals surface area contributed by atoms with Gasteiger partial charge in [0.1, 0.15) is 5.82 Å². The van der Waals surface area contributed by atoms with Crippen LogP contribution in [0, 0.1) is 0 Å². The topological polar surface area (TPSA) is 50.9 Å². The van der Waals surface area contributed by atoms with Gasteiger partial charge in [-0.25, -0.2) is 4.98 Å². The fourth-order valence-electron chi connectivity index (χ4n) is 1.47. The van der Waals surface area contributed by atoms with E-state index in [0.717, 1.165) is 18.7 Å². The van der Waals surface area contributed by atoms with E-state index in [0.29, 0.717) is 6.54 Å². The molecule has 0 aliphatic heterocycles. The van der Waals surface area contributed by atoms with Crippen molar-refractivity contribution in [3.8, 4) is 0 Å². The van der Waals surface area contributed by atoms with E-state index in [1.165, 1.54) is 0 Å². The molecule has 0 spiro atoms. The highest BCUT2D eigenvalue weighted by molar-refractivity contribution is 5.37. The standard InChI is InChI=1S/C11H19N3/c1-3-11(4-2,9-12)14-10-7-5-6-8-13-10/h5-8H,3-4,9,12H2,1-2H3,(H,13,14). The molecule has 0 atom stereocenters. The van der Waals surface area contributed by atoms with Gasteiger partial charge in [-0.1, -0.05) is 19.9 Å². The molecule has 0 unspecified atom stereocenters. The van der Waals surface area contributed by atoms with Gasteiger partial charge in [0, 0.05) is 12.7 Å². The van der Waals surface area contributed by atoms with Gasteiger partial charge >= 0.3 is 0 Å². The molecular weight excluding hydrogens is 174 g/mol. The summed E-state index contributed by atoms with van der Waals surface area (Å²) in [6, 6.07) is 5.85. The fraction of sp³-hybridized carbons (Fsp3) is 0.545. The van der Waals surface area contributed by atoms with E-state index in [-0.39, 0.29) is 5.54 Å². The predicted molar refractivity (Wildman–Crippen MR) is 60.2 cm³/mol. The molecule has 78 valence electrons. The Bertz CT molecular complexity index is 246. The molecular formula is C11H19N3. The van der Waals surface area contributed by atoms with E-state index < -0.39 is 0 Å². The summed E-state index contributed by atoms with van der Waals surface area (Å²) in [5.74, 6) is 0.904. The highest BCUT2D eigenvalue weighted by Crippen LogP contribution is 2.19. The smallest absolute Gasteiger partial charge is 0.126 e. The van der Waals surface area contributed by atoms with Gasteiger partial charge in [-0.2, -0.15) is 0 Å². The van der Waals surface area contributed by atoms with Crippen molar-refractivity contribution in [3.63, 3.8) is 0 Å². The third-order valence-electron chi connectivity index (χ3n) is 2.80. The SMILES string of the molecule is CCC(CC)(CN)Nc1ccccn1. The number of nitrogens with zero attached hydrogens (tertiary/aromatic N) is 1. The molecule has 1 aromatic heterocycles. The monoisotopic (exact) mass is 193 g/mol. The third kappa shape index (κ3) is 2.45. The second kappa shape index (κ2) is 4.96. The number of pyridine rings is 1. The zero-order valence-corrected chi connectivity index (χ0v) is 8.96. The zero-order chi connectivity index (χ0) is 10.4. The van der Waals surface area contributed by atoms with Gasteiger partial charge in [0.05, 0.1) is 5.54 Å². The maximum atomic E-state index is 5.79. The van der Waals surface area contributed by atoms with E-state index >= 15 is 0 Å². The molecule has 1 aromatic rings. The summed E-state index contributed by atoms with van der Waals surface area (Å²) in [5.41, 5.74) is 5.78. The Kier molecular flexibility index (Phi) is 3.89. The minimum Gasteiger partial charge on any atom is -0.363 e. The molecule has 0 saturated carbocycles. The number of hydrogen-bond donors (Lipinski definition) is 2. The summed E-state index contributed by atoms with van der Waals surface area (Å²) in [6.07, 6.45) is 3.81. The molecule has 0 aliphatic rings. The normalized spacial score (nSPS) is 11.4. The molecule has 1 rings (SSSR count). The van der Waals surface area contributed by atoms with Crippen LogP contribution in [0.2, 0.25) is 0 Å². The average Bonchev–Trinajstić information content (AvgIpc) is 2.28. The Morgan fingerprint density at radius 3 is 2.50 bits per heavy atom. The lowest BCUT2D eigenvalue weighted by molar-refractivity contribution is 0.444. The first kappa shape index (κ1) is 11.0. The number of aromatic nitrogens is 1. The van der Waals surface area contributed by atoms with Crippen LogP contribution in [0.25, 0.3) is 0 Å². The maximum absolute atomic E-state index is 5.79. The van der Waals surface area contributed by atoms with Crippen LogP contribution in [0.1, 0.15) is 26.7 Å². The predicted octanol–water partition coefficient (Wildman–Crippen LogP) is 2.01. The van der Waals surface area contributed by atoms with Gasteiger partial charge in [-0.15, -0.1) is 0 Å². The van der Waals surface area contributed by atoms with Crippen molar-refractivity contribution in [2.75, 3.05) is 11.9 Å². The average molecular weight is 193 g/mol. The number of nitrogens with one attached hydrogen (secondary N) is 1. The Balaban J connectivity index is 2.74. The maximum Gasteiger partial charge on any atom is 0.126 e. The van der Waals surface area contributed by atoms with Crippen molar-refractivity contribution in [2.45, 2.75) is 32.2 Å². The molecule has 3 nitrogen and oxygen atoms in total. The lowest BCUT2D eigenvalue weighted by atomic mass is 9.93. The van der Waals surface area contributed by atoms with Crippen LogP contribution in [0.5, 0.6) is 0 Å². The lowest BCUT2D eigenvalue weighted by Gasteiger charge is -2.31. The minimum atomic E-state index is -0.00560.